The summed E-state index contributed by atoms with van der Waals surface area (Å²) in [7, 11) is 0. The largest absolute Gasteiger partial charge is 0.366 e. The van der Waals surface area contributed by atoms with Crippen LogP contribution in [0.4, 0.5) is 0 Å². The molecule has 0 radical (unpaired) electrons. The third kappa shape index (κ3) is 2.92. The second kappa shape index (κ2) is 6.01. The Bertz CT molecular complexity index is 876. The van der Waals surface area contributed by atoms with Crippen molar-refractivity contribution in [3.63, 3.8) is 0 Å². The maximum atomic E-state index is 11.7. The van der Waals surface area contributed by atoms with Gasteiger partial charge in [0.1, 0.15) is 0 Å². The number of aromatic nitrogens is 2. The predicted molar refractivity (Wildman–Crippen MR) is 93.8 cm³/mol. The van der Waals surface area contributed by atoms with Gasteiger partial charge < -0.3 is 10.3 Å². The summed E-state index contributed by atoms with van der Waals surface area (Å²) in [4.78, 5) is 16.3. The van der Waals surface area contributed by atoms with Crippen LogP contribution in [-0.4, -0.2) is 15.5 Å². The molecule has 0 spiro atoms. The number of thiazole rings is 1. The van der Waals surface area contributed by atoms with Crippen molar-refractivity contribution >= 4 is 17.2 Å². The zero-order valence-electron chi connectivity index (χ0n) is 13.5. The molecule has 0 aliphatic heterocycles. The maximum Gasteiger partial charge on any atom is 0.250 e. The second-order valence-corrected chi connectivity index (χ2v) is 6.72. The number of rotatable bonds is 4. The average Bonchev–Trinajstić information content (AvgIpc) is 3.06. The van der Waals surface area contributed by atoms with Crippen LogP contribution >= 0.6 is 11.3 Å². The zero-order chi connectivity index (χ0) is 16.6. The van der Waals surface area contributed by atoms with Crippen molar-refractivity contribution < 1.29 is 4.79 Å². The lowest BCUT2D eigenvalue weighted by molar-refractivity contribution is 0.0999. The molecule has 3 rings (SSSR count). The highest BCUT2D eigenvalue weighted by Gasteiger charge is 2.18. The summed E-state index contributed by atoms with van der Waals surface area (Å²) in [6.45, 7) is 6.69. The molecule has 118 valence electrons. The Morgan fingerprint density at radius 1 is 1.26 bits per heavy atom. The van der Waals surface area contributed by atoms with E-state index >= 15 is 0 Å². The molecule has 0 atom stereocenters. The lowest BCUT2D eigenvalue weighted by Crippen LogP contribution is -2.13. The molecule has 0 saturated heterocycles. The van der Waals surface area contributed by atoms with E-state index in [0.717, 1.165) is 22.1 Å². The van der Waals surface area contributed by atoms with E-state index in [4.69, 9.17) is 5.73 Å². The Morgan fingerprint density at radius 2 is 2.00 bits per heavy atom. The summed E-state index contributed by atoms with van der Waals surface area (Å²) >= 11 is 1.60. The SMILES string of the molecule is Cc1nc(-c2cc(C(N)=O)c(C)n2Cc2ccccc2C)cs1. The number of carbonyl (C=O) groups is 1. The predicted octanol–water partition coefficient (Wildman–Crippen LogP) is 3.68. The highest BCUT2D eigenvalue weighted by Crippen LogP contribution is 2.28. The summed E-state index contributed by atoms with van der Waals surface area (Å²) in [5, 5.41) is 3.02. The smallest absolute Gasteiger partial charge is 0.250 e. The summed E-state index contributed by atoms with van der Waals surface area (Å²) in [6.07, 6.45) is 0. The van der Waals surface area contributed by atoms with Crippen molar-refractivity contribution in [1.29, 1.82) is 0 Å². The third-order valence-corrected chi connectivity index (χ3v) is 4.88. The number of hydrogen-bond acceptors (Lipinski definition) is 3. The standard InChI is InChI=1S/C18H19N3OS/c1-11-6-4-5-7-14(11)9-21-12(2)15(18(19)22)8-17(21)16-10-23-13(3)20-16/h4-8,10H,9H2,1-3H3,(H2,19,22). The normalized spacial score (nSPS) is 10.9. The van der Waals surface area contributed by atoms with E-state index in [1.165, 1.54) is 11.1 Å². The number of aryl methyl sites for hydroxylation is 2. The third-order valence-electron chi connectivity index (χ3n) is 4.10. The molecule has 0 bridgehead atoms. The van der Waals surface area contributed by atoms with Crippen molar-refractivity contribution in [2.45, 2.75) is 27.3 Å². The summed E-state index contributed by atoms with van der Waals surface area (Å²) in [5.41, 5.74) is 11.2. The molecular formula is C18H19N3OS. The highest BCUT2D eigenvalue weighted by atomic mass is 32.1. The van der Waals surface area contributed by atoms with E-state index in [1.807, 2.05) is 37.4 Å². The molecule has 1 amide bonds. The average molecular weight is 325 g/mol. The van der Waals surface area contributed by atoms with E-state index in [1.54, 1.807) is 11.3 Å². The molecule has 0 saturated carbocycles. The highest BCUT2D eigenvalue weighted by molar-refractivity contribution is 7.09. The number of hydrogen-bond donors (Lipinski definition) is 1. The van der Waals surface area contributed by atoms with Gasteiger partial charge in [-0.15, -0.1) is 11.3 Å². The number of primary amides is 1. The number of carbonyl (C=O) groups excluding carboxylic acids is 1. The quantitative estimate of drug-likeness (QED) is 0.795. The van der Waals surface area contributed by atoms with Crippen LogP contribution in [0.3, 0.4) is 0 Å². The summed E-state index contributed by atoms with van der Waals surface area (Å²) < 4.78 is 2.12. The van der Waals surface area contributed by atoms with Crippen molar-refractivity contribution in [2.75, 3.05) is 0 Å². The van der Waals surface area contributed by atoms with E-state index in [-0.39, 0.29) is 0 Å². The van der Waals surface area contributed by atoms with E-state index in [0.29, 0.717) is 12.1 Å². The first-order valence-corrected chi connectivity index (χ1v) is 8.32. The Morgan fingerprint density at radius 3 is 2.61 bits per heavy atom. The zero-order valence-corrected chi connectivity index (χ0v) is 14.3. The van der Waals surface area contributed by atoms with Crippen LogP contribution in [0, 0.1) is 20.8 Å². The Labute approximate surface area is 139 Å². The maximum absolute atomic E-state index is 11.7. The minimum atomic E-state index is -0.403. The van der Waals surface area contributed by atoms with Crippen LogP contribution in [-0.2, 0) is 6.54 Å². The van der Waals surface area contributed by atoms with E-state index in [9.17, 15) is 4.79 Å². The van der Waals surface area contributed by atoms with Crippen molar-refractivity contribution in [3.05, 3.63) is 63.1 Å². The second-order valence-electron chi connectivity index (χ2n) is 5.66. The Kier molecular flexibility index (Phi) is 4.05. The fourth-order valence-electron chi connectivity index (χ4n) is 2.75. The molecule has 2 N–H and O–H groups in total. The topological polar surface area (TPSA) is 60.9 Å². The Hall–Kier alpha value is -2.40. The van der Waals surface area contributed by atoms with E-state index in [2.05, 4.69) is 28.6 Å². The molecule has 2 heterocycles. The number of nitrogens with two attached hydrogens (primary N) is 1. The molecule has 0 aliphatic carbocycles. The van der Waals surface area contributed by atoms with Gasteiger partial charge in [0.05, 0.1) is 22.0 Å². The molecule has 0 unspecified atom stereocenters. The van der Waals surface area contributed by atoms with Crippen LogP contribution in [0.25, 0.3) is 11.4 Å². The van der Waals surface area contributed by atoms with Gasteiger partial charge in [-0.2, -0.15) is 0 Å². The first kappa shape index (κ1) is 15.5. The number of nitrogens with zero attached hydrogens (tertiary/aromatic N) is 2. The first-order chi connectivity index (χ1) is 11.0. The van der Waals surface area contributed by atoms with Gasteiger partial charge in [-0.1, -0.05) is 24.3 Å². The van der Waals surface area contributed by atoms with Gasteiger partial charge >= 0.3 is 0 Å². The van der Waals surface area contributed by atoms with E-state index < -0.39 is 5.91 Å². The Balaban J connectivity index is 2.14. The molecule has 1 aromatic carbocycles. The van der Waals surface area contributed by atoms with Gasteiger partial charge in [0.25, 0.3) is 5.91 Å². The summed E-state index contributed by atoms with van der Waals surface area (Å²) in [6, 6.07) is 10.1. The van der Waals surface area contributed by atoms with Gasteiger partial charge in [0, 0.05) is 17.6 Å². The van der Waals surface area contributed by atoms with Gasteiger partial charge in [-0.3, -0.25) is 4.79 Å². The van der Waals surface area contributed by atoms with Gasteiger partial charge in [0.15, 0.2) is 0 Å². The fraction of sp³-hybridized carbons (Fsp3) is 0.222. The van der Waals surface area contributed by atoms with Crippen molar-refractivity contribution in [1.82, 2.24) is 9.55 Å². The molecule has 3 aromatic rings. The van der Waals surface area contributed by atoms with Crippen LogP contribution in [0.2, 0.25) is 0 Å². The lowest BCUT2D eigenvalue weighted by atomic mass is 10.1. The monoisotopic (exact) mass is 325 g/mol. The number of benzene rings is 1. The lowest BCUT2D eigenvalue weighted by Gasteiger charge is -2.13. The first-order valence-electron chi connectivity index (χ1n) is 7.44. The van der Waals surface area contributed by atoms with Gasteiger partial charge in [0.2, 0.25) is 0 Å². The summed E-state index contributed by atoms with van der Waals surface area (Å²) in [5.74, 6) is -0.403. The minimum Gasteiger partial charge on any atom is -0.366 e. The minimum absolute atomic E-state index is 0.403. The molecule has 0 aliphatic rings. The fourth-order valence-corrected chi connectivity index (χ4v) is 3.36. The molecule has 0 fully saturated rings. The van der Waals surface area contributed by atoms with Crippen molar-refractivity contribution in [3.8, 4) is 11.4 Å². The van der Waals surface area contributed by atoms with Crippen LogP contribution in [0.15, 0.2) is 35.7 Å². The van der Waals surface area contributed by atoms with Crippen LogP contribution in [0.5, 0.6) is 0 Å². The molecule has 23 heavy (non-hydrogen) atoms. The number of amides is 1. The molecule has 2 aromatic heterocycles. The molecule has 5 heteroatoms. The van der Waals surface area contributed by atoms with Gasteiger partial charge in [-0.05, 0) is 38.0 Å². The van der Waals surface area contributed by atoms with Crippen molar-refractivity contribution in [2.24, 2.45) is 5.73 Å². The van der Waals surface area contributed by atoms with Crippen LogP contribution < -0.4 is 5.73 Å². The molecule has 4 nitrogen and oxygen atoms in total. The molecular weight excluding hydrogens is 306 g/mol. The van der Waals surface area contributed by atoms with Crippen LogP contribution in [0.1, 0.15) is 32.2 Å². The van der Waals surface area contributed by atoms with Gasteiger partial charge in [-0.25, -0.2) is 4.98 Å².